The maximum absolute atomic E-state index is 10.8. The van der Waals surface area contributed by atoms with Crippen LogP contribution in [-0.2, 0) is 0 Å². The third kappa shape index (κ3) is 2.80. The Morgan fingerprint density at radius 3 is 2.60 bits per heavy atom. The average Bonchev–Trinajstić information content (AvgIpc) is 2.18. The van der Waals surface area contributed by atoms with E-state index in [1.807, 2.05) is 0 Å². The minimum absolute atomic E-state index is 0.0310. The molecule has 15 heavy (non-hydrogen) atoms. The van der Waals surface area contributed by atoms with Crippen LogP contribution in [0.2, 0.25) is 0 Å². The maximum atomic E-state index is 10.8. The first kappa shape index (κ1) is 11.2. The molecule has 0 saturated heterocycles. The van der Waals surface area contributed by atoms with Gasteiger partial charge in [-0.05, 0) is 13.8 Å². The normalized spacial score (nSPS) is 9.73. The third-order valence-electron chi connectivity index (χ3n) is 1.52. The lowest BCUT2D eigenvalue weighted by molar-refractivity contribution is 0.0690. The lowest BCUT2D eigenvalue weighted by Gasteiger charge is -2.07. The zero-order valence-corrected chi connectivity index (χ0v) is 8.56. The number of aromatic carboxylic acids is 1. The molecule has 0 bridgehead atoms. The van der Waals surface area contributed by atoms with Gasteiger partial charge < -0.3 is 14.6 Å². The molecule has 0 aliphatic rings. The van der Waals surface area contributed by atoms with Crippen molar-refractivity contribution in [3.05, 3.63) is 11.8 Å². The number of carboxylic acid groups (broad SMARTS) is 1. The van der Waals surface area contributed by atoms with E-state index >= 15 is 0 Å². The minimum atomic E-state index is -1.12. The Labute approximate surface area is 86.9 Å². The van der Waals surface area contributed by atoms with E-state index in [4.69, 9.17) is 14.6 Å². The quantitative estimate of drug-likeness (QED) is 0.783. The molecule has 1 aromatic heterocycles. The van der Waals surface area contributed by atoms with Gasteiger partial charge in [0.2, 0.25) is 5.88 Å². The number of hydrogen-bond acceptors (Lipinski definition) is 5. The number of carbonyl (C=O) groups is 1. The molecule has 0 spiro atoms. The maximum Gasteiger partial charge on any atom is 0.342 e. The fourth-order valence-corrected chi connectivity index (χ4v) is 0.943. The molecule has 82 valence electrons. The van der Waals surface area contributed by atoms with E-state index in [1.165, 1.54) is 6.20 Å². The highest BCUT2D eigenvalue weighted by molar-refractivity contribution is 5.89. The van der Waals surface area contributed by atoms with Crippen LogP contribution in [-0.4, -0.2) is 34.3 Å². The van der Waals surface area contributed by atoms with E-state index in [0.717, 1.165) is 0 Å². The van der Waals surface area contributed by atoms with Gasteiger partial charge in [-0.15, -0.1) is 0 Å². The summed E-state index contributed by atoms with van der Waals surface area (Å²) in [5, 5.41) is 8.81. The molecule has 0 atom stereocenters. The molecule has 1 heterocycles. The van der Waals surface area contributed by atoms with E-state index in [1.54, 1.807) is 13.8 Å². The summed E-state index contributed by atoms with van der Waals surface area (Å²) in [6.07, 6.45) is 1.17. The Kier molecular flexibility index (Phi) is 3.84. The number of carboxylic acids is 1. The molecule has 0 unspecified atom stereocenters. The second kappa shape index (κ2) is 5.14. The van der Waals surface area contributed by atoms with Crippen molar-refractivity contribution in [1.82, 2.24) is 9.97 Å². The van der Waals surface area contributed by atoms with Crippen LogP contribution in [0.4, 0.5) is 0 Å². The lowest BCUT2D eigenvalue weighted by atomic mass is 10.3. The Morgan fingerprint density at radius 2 is 2.07 bits per heavy atom. The Morgan fingerprint density at radius 1 is 1.40 bits per heavy atom. The summed E-state index contributed by atoms with van der Waals surface area (Å²) in [5.41, 5.74) is -0.0692. The monoisotopic (exact) mass is 212 g/mol. The molecular weight excluding hydrogens is 200 g/mol. The molecule has 6 nitrogen and oxygen atoms in total. The SMILES string of the molecule is CCOc1ncc(C(=O)O)c(OCC)n1. The summed E-state index contributed by atoms with van der Waals surface area (Å²) in [7, 11) is 0. The topological polar surface area (TPSA) is 81.5 Å². The van der Waals surface area contributed by atoms with Crippen LogP contribution in [0.15, 0.2) is 6.20 Å². The summed E-state index contributed by atoms with van der Waals surface area (Å²) in [4.78, 5) is 18.3. The third-order valence-corrected chi connectivity index (χ3v) is 1.52. The van der Waals surface area contributed by atoms with Gasteiger partial charge in [-0.2, -0.15) is 4.98 Å². The van der Waals surface area contributed by atoms with Crippen LogP contribution >= 0.6 is 0 Å². The van der Waals surface area contributed by atoms with Crippen LogP contribution in [0.25, 0.3) is 0 Å². The first-order chi connectivity index (χ1) is 7.19. The summed E-state index contributed by atoms with van der Waals surface area (Å²) in [5.74, 6) is -1.09. The second-order valence-corrected chi connectivity index (χ2v) is 2.54. The molecule has 0 aliphatic carbocycles. The smallest absolute Gasteiger partial charge is 0.342 e. The average molecular weight is 212 g/mol. The van der Waals surface area contributed by atoms with Crippen molar-refractivity contribution in [3.63, 3.8) is 0 Å². The molecular formula is C9H12N2O4. The van der Waals surface area contributed by atoms with Gasteiger partial charge in [-0.3, -0.25) is 0 Å². The predicted molar refractivity (Wildman–Crippen MR) is 51.3 cm³/mol. The van der Waals surface area contributed by atoms with E-state index in [0.29, 0.717) is 13.2 Å². The van der Waals surface area contributed by atoms with Crippen LogP contribution < -0.4 is 9.47 Å². The predicted octanol–water partition coefficient (Wildman–Crippen LogP) is 0.972. The van der Waals surface area contributed by atoms with Crippen molar-refractivity contribution in [2.24, 2.45) is 0 Å². The number of nitrogens with zero attached hydrogens (tertiary/aromatic N) is 2. The molecule has 0 aromatic carbocycles. The van der Waals surface area contributed by atoms with Crippen molar-refractivity contribution >= 4 is 5.97 Å². The zero-order valence-electron chi connectivity index (χ0n) is 8.56. The van der Waals surface area contributed by atoms with Crippen LogP contribution in [0.5, 0.6) is 11.9 Å². The summed E-state index contributed by atoms with van der Waals surface area (Å²) in [6, 6.07) is 0.117. The Balaban J connectivity index is 3.03. The number of rotatable bonds is 5. The molecule has 1 aromatic rings. The first-order valence-corrected chi connectivity index (χ1v) is 4.55. The number of hydrogen-bond donors (Lipinski definition) is 1. The van der Waals surface area contributed by atoms with Gasteiger partial charge in [-0.25, -0.2) is 9.78 Å². The van der Waals surface area contributed by atoms with Crippen LogP contribution in [0.1, 0.15) is 24.2 Å². The molecule has 1 N–H and O–H groups in total. The van der Waals surface area contributed by atoms with E-state index in [9.17, 15) is 4.79 Å². The fourth-order valence-electron chi connectivity index (χ4n) is 0.943. The Bertz CT molecular complexity index is 354. The van der Waals surface area contributed by atoms with Gasteiger partial charge in [-0.1, -0.05) is 0 Å². The number of aromatic nitrogens is 2. The van der Waals surface area contributed by atoms with E-state index in [2.05, 4.69) is 9.97 Å². The summed E-state index contributed by atoms with van der Waals surface area (Å²) >= 11 is 0. The summed E-state index contributed by atoms with van der Waals surface area (Å²) in [6.45, 7) is 4.28. The van der Waals surface area contributed by atoms with Gasteiger partial charge in [0, 0.05) is 0 Å². The number of ether oxygens (including phenoxy) is 2. The highest BCUT2D eigenvalue weighted by Gasteiger charge is 2.14. The molecule has 6 heteroatoms. The zero-order chi connectivity index (χ0) is 11.3. The molecule has 0 aliphatic heterocycles. The van der Waals surface area contributed by atoms with Gasteiger partial charge in [0.15, 0.2) is 0 Å². The minimum Gasteiger partial charge on any atom is -0.477 e. The van der Waals surface area contributed by atoms with Gasteiger partial charge in [0.25, 0.3) is 0 Å². The van der Waals surface area contributed by atoms with Crippen LogP contribution in [0.3, 0.4) is 0 Å². The lowest BCUT2D eigenvalue weighted by Crippen LogP contribution is -2.07. The fraction of sp³-hybridized carbons (Fsp3) is 0.444. The first-order valence-electron chi connectivity index (χ1n) is 4.55. The summed E-state index contributed by atoms with van der Waals surface area (Å²) < 4.78 is 10.1. The molecule has 0 fully saturated rings. The molecule has 1 rings (SSSR count). The van der Waals surface area contributed by atoms with Crippen molar-refractivity contribution in [3.8, 4) is 11.9 Å². The van der Waals surface area contributed by atoms with Gasteiger partial charge in [0.1, 0.15) is 5.56 Å². The molecule has 0 radical (unpaired) electrons. The van der Waals surface area contributed by atoms with Crippen LogP contribution in [0, 0.1) is 0 Å². The van der Waals surface area contributed by atoms with Crippen molar-refractivity contribution in [2.45, 2.75) is 13.8 Å². The highest BCUT2D eigenvalue weighted by Crippen LogP contribution is 2.17. The van der Waals surface area contributed by atoms with Gasteiger partial charge >= 0.3 is 12.0 Å². The van der Waals surface area contributed by atoms with Crippen molar-refractivity contribution in [1.29, 1.82) is 0 Å². The van der Waals surface area contributed by atoms with E-state index < -0.39 is 5.97 Å². The van der Waals surface area contributed by atoms with E-state index in [-0.39, 0.29) is 17.5 Å². The second-order valence-electron chi connectivity index (χ2n) is 2.54. The molecule has 0 saturated carbocycles. The standard InChI is InChI=1S/C9H12N2O4/c1-3-14-7-6(8(12)13)5-10-9(11-7)15-4-2/h5H,3-4H2,1-2H3,(H,12,13). The Hall–Kier alpha value is -1.85. The van der Waals surface area contributed by atoms with Crippen molar-refractivity contribution < 1.29 is 19.4 Å². The van der Waals surface area contributed by atoms with Gasteiger partial charge in [0.05, 0.1) is 19.4 Å². The van der Waals surface area contributed by atoms with Crippen molar-refractivity contribution in [2.75, 3.05) is 13.2 Å². The largest absolute Gasteiger partial charge is 0.477 e. The highest BCUT2D eigenvalue weighted by atomic mass is 16.5. The molecule has 0 amide bonds.